The van der Waals surface area contributed by atoms with E-state index in [-0.39, 0.29) is 16.9 Å². The van der Waals surface area contributed by atoms with Crippen molar-refractivity contribution < 1.29 is 9.21 Å². The van der Waals surface area contributed by atoms with E-state index in [0.717, 1.165) is 18.7 Å². The Morgan fingerprint density at radius 2 is 2.20 bits per heavy atom. The second kappa shape index (κ2) is 5.26. The minimum Gasteiger partial charge on any atom is -0.440 e. The molecule has 1 aliphatic rings. The number of hydrogen-bond donors (Lipinski definition) is 0. The molecule has 0 unspecified atom stereocenters. The van der Waals surface area contributed by atoms with Gasteiger partial charge in [-0.05, 0) is 36.8 Å². The van der Waals surface area contributed by atoms with E-state index in [4.69, 9.17) is 16.0 Å². The smallest absolute Gasteiger partial charge is 0.295 e. The molecule has 0 saturated carbocycles. The topological polar surface area (TPSA) is 49.6 Å². The molecule has 5 nitrogen and oxygen atoms in total. The molecule has 1 amide bonds. The summed E-state index contributed by atoms with van der Waals surface area (Å²) in [6.45, 7) is 2.11. The first-order valence-electron chi connectivity index (χ1n) is 6.35. The molecule has 0 bridgehead atoms. The number of carbonyl (C=O) groups excluding carboxylic acids is 1. The number of aromatic nitrogens is 1. The van der Waals surface area contributed by atoms with Crippen molar-refractivity contribution in [2.45, 2.75) is 6.54 Å². The van der Waals surface area contributed by atoms with Crippen LogP contribution in [0.25, 0.3) is 0 Å². The summed E-state index contributed by atoms with van der Waals surface area (Å²) in [5.41, 5.74) is 1.03. The van der Waals surface area contributed by atoms with Gasteiger partial charge in [0.25, 0.3) is 5.91 Å². The zero-order valence-corrected chi connectivity index (χ0v) is 11.8. The quantitative estimate of drug-likeness (QED) is 0.810. The van der Waals surface area contributed by atoms with E-state index in [9.17, 15) is 4.79 Å². The number of likely N-dealkylation sites (N-methyl/N-ethyl adjacent to an activating group) is 1. The molecule has 6 heteroatoms. The Hall–Kier alpha value is -1.85. The lowest BCUT2D eigenvalue weighted by Crippen LogP contribution is -2.35. The van der Waals surface area contributed by atoms with Gasteiger partial charge in [-0.1, -0.05) is 6.07 Å². The average molecular weight is 292 g/mol. The van der Waals surface area contributed by atoms with Crippen LogP contribution in [0, 0.1) is 0 Å². The fourth-order valence-electron chi connectivity index (χ4n) is 2.30. The highest BCUT2D eigenvalue weighted by molar-refractivity contribution is 6.29. The summed E-state index contributed by atoms with van der Waals surface area (Å²) in [7, 11) is 2.02. The molecule has 0 aromatic carbocycles. The van der Waals surface area contributed by atoms with Crippen LogP contribution in [0.3, 0.4) is 0 Å². The van der Waals surface area contributed by atoms with E-state index in [1.54, 1.807) is 23.2 Å². The summed E-state index contributed by atoms with van der Waals surface area (Å²) < 4.78 is 5.21. The number of nitrogens with zero attached hydrogens (tertiary/aromatic N) is 3. The van der Waals surface area contributed by atoms with Crippen LogP contribution in [0.4, 0.5) is 5.82 Å². The fraction of sp³-hybridized carbons (Fsp3) is 0.286. The number of fused-ring (bicyclic) bond motifs is 1. The van der Waals surface area contributed by atoms with Crippen molar-refractivity contribution in [2.24, 2.45) is 0 Å². The van der Waals surface area contributed by atoms with Crippen molar-refractivity contribution in [1.29, 1.82) is 0 Å². The normalized spacial score (nSPS) is 15.8. The van der Waals surface area contributed by atoms with Crippen molar-refractivity contribution in [2.75, 3.05) is 25.0 Å². The molecule has 0 fully saturated rings. The average Bonchev–Trinajstić information content (AvgIpc) is 2.79. The van der Waals surface area contributed by atoms with E-state index < -0.39 is 0 Å². The van der Waals surface area contributed by atoms with Crippen LogP contribution >= 0.6 is 11.6 Å². The van der Waals surface area contributed by atoms with Crippen LogP contribution in [0.15, 0.2) is 34.9 Å². The first kappa shape index (κ1) is 13.1. The molecule has 0 aliphatic carbocycles. The van der Waals surface area contributed by atoms with Crippen LogP contribution in [0.1, 0.15) is 16.1 Å². The van der Waals surface area contributed by atoms with Gasteiger partial charge in [0.15, 0.2) is 11.0 Å². The molecule has 3 heterocycles. The molecule has 2 aromatic rings. The highest BCUT2D eigenvalue weighted by Crippen LogP contribution is 2.24. The van der Waals surface area contributed by atoms with Gasteiger partial charge in [-0.25, -0.2) is 4.98 Å². The summed E-state index contributed by atoms with van der Waals surface area (Å²) >= 11 is 5.74. The molecule has 1 aliphatic heterocycles. The van der Waals surface area contributed by atoms with Crippen molar-refractivity contribution in [3.05, 3.63) is 47.0 Å². The van der Waals surface area contributed by atoms with Crippen LogP contribution < -0.4 is 4.90 Å². The number of carbonyl (C=O) groups is 1. The fourth-order valence-corrected chi connectivity index (χ4v) is 2.45. The summed E-state index contributed by atoms with van der Waals surface area (Å²) in [6, 6.07) is 7.02. The van der Waals surface area contributed by atoms with Crippen molar-refractivity contribution in [3.63, 3.8) is 0 Å². The first-order chi connectivity index (χ1) is 9.65. The van der Waals surface area contributed by atoms with Crippen molar-refractivity contribution in [1.82, 2.24) is 9.88 Å². The lowest BCUT2D eigenvalue weighted by Gasteiger charge is -2.20. The van der Waals surface area contributed by atoms with Gasteiger partial charge in [0.1, 0.15) is 5.82 Å². The summed E-state index contributed by atoms with van der Waals surface area (Å²) in [5.74, 6) is 0.706. The van der Waals surface area contributed by atoms with Gasteiger partial charge in [-0.15, -0.1) is 0 Å². The van der Waals surface area contributed by atoms with Gasteiger partial charge >= 0.3 is 0 Å². The standard InChI is InChI=1S/C14H14ClN3O2/c1-17-7-8-18(13-10(9-17)3-2-6-16-13)14(19)11-4-5-12(15)20-11/h2-6H,7-9H2,1H3. The molecule has 2 aromatic heterocycles. The molecule has 0 spiro atoms. The Labute approximate surface area is 121 Å². The van der Waals surface area contributed by atoms with E-state index in [2.05, 4.69) is 9.88 Å². The Balaban J connectivity index is 1.99. The van der Waals surface area contributed by atoms with E-state index in [1.807, 2.05) is 19.2 Å². The molecule has 20 heavy (non-hydrogen) atoms. The molecule has 3 rings (SSSR count). The third kappa shape index (κ3) is 2.42. The second-order valence-corrected chi connectivity index (χ2v) is 5.16. The molecule has 104 valence electrons. The first-order valence-corrected chi connectivity index (χ1v) is 6.72. The van der Waals surface area contributed by atoms with Gasteiger partial charge in [0, 0.05) is 31.4 Å². The maximum Gasteiger partial charge on any atom is 0.295 e. The lowest BCUT2D eigenvalue weighted by molar-refractivity contribution is 0.0958. The Morgan fingerprint density at radius 1 is 1.35 bits per heavy atom. The predicted octanol–water partition coefficient (Wildman–Crippen LogP) is 2.42. The lowest BCUT2D eigenvalue weighted by atomic mass is 10.2. The monoisotopic (exact) mass is 291 g/mol. The Kier molecular flexibility index (Phi) is 3.46. The molecule has 0 N–H and O–H groups in total. The molecule has 0 radical (unpaired) electrons. The SMILES string of the molecule is CN1CCN(C(=O)c2ccc(Cl)o2)c2ncccc2C1. The largest absolute Gasteiger partial charge is 0.440 e. The number of furan rings is 1. The number of rotatable bonds is 1. The van der Waals surface area contributed by atoms with Crippen LogP contribution in [0.2, 0.25) is 5.22 Å². The highest BCUT2D eigenvalue weighted by atomic mass is 35.5. The predicted molar refractivity (Wildman–Crippen MR) is 76.0 cm³/mol. The van der Waals surface area contributed by atoms with Gasteiger partial charge in [-0.2, -0.15) is 0 Å². The Bertz CT molecular complexity index is 641. The number of hydrogen-bond acceptors (Lipinski definition) is 4. The van der Waals surface area contributed by atoms with E-state index in [1.165, 1.54) is 0 Å². The van der Waals surface area contributed by atoms with Gasteiger partial charge in [0.05, 0.1) is 0 Å². The zero-order chi connectivity index (χ0) is 14.1. The summed E-state index contributed by atoms with van der Waals surface area (Å²) in [4.78, 5) is 20.7. The molecule has 0 atom stereocenters. The highest BCUT2D eigenvalue weighted by Gasteiger charge is 2.26. The summed E-state index contributed by atoms with van der Waals surface area (Å²) in [5, 5.41) is 0.210. The van der Waals surface area contributed by atoms with Crippen molar-refractivity contribution in [3.8, 4) is 0 Å². The summed E-state index contributed by atoms with van der Waals surface area (Å²) in [6.07, 6.45) is 1.69. The maximum absolute atomic E-state index is 12.6. The maximum atomic E-state index is 12.6. The third-order valence-electron chi connectivity index (χ3n) is 3.30. The number of halogens is 1. The second-order valence-electron chi connectivity index (χ2n) is 4.78. The molecular weight excluding hydrogens is 278 g/mol. The van der Waals surface area contributed by atoms with Crippen molar-refractivity contribution >= 4 is 23.3 Å². The van der Waals surface area contributed by atoms with Crippen LogP contribution in [-0.2, 0) is 6.54 Å². The Morgan fingerprint density at radius 3 is 2.95 bits per heavy atom. The van der Waals surface area contributed by atoms with Crippen LogP contribution in [-0.4, -0.2) is 35.9 Å². The zero-order valence-electron chi connectivity index (χ0n) is 11.0. The number of anilines is 1. The van der Waals surface area contributed by atoms with E-state index in [0.29, 0.717) is 12.4 Å². The minimum absolute atomic E-state index is 0.210. The third-order valence-corrected chi connectivity index (χ3v) is 3.50. The van der Waals surface area contributed by atoms with Gasteiger partial charge < -0.3 is 9.32 Å². The molecular formula is C14H14ClN3O2. The minimum atomic E-state index is -0.216. The number of pyridine rings is 1. The van der Waals surface area contributed by atoms with Crippen LogP contribution in [0.5, 0.6) is 0 Å². The van der Waals surface area contributed by atoms with Gasteiger partial charge in [0.2, 0.25) is 0 Å². The molecule has 0 saturated heterocycles. The number of amides is 1. The van der Waals surface area contributed by atoms with Gasteiger partial charge in [-0.3, -0.25) is 9.69 Å². The van der Waals surface area contributed by atoms with E-state index >= 15 is 0 Å².